The van der Waals surface area contributed by atoms with E-state index in [-0.39, 0.29) is 11.9 Å². The lowest BCUT2D eigenvalue weighted by Crippen LogP contribution is -2.14. The summed E-state index contributed by atoms with van der Waals surface area (Å²) in [6, 6.07) is 7.31. The van der Waals surface area contributed by atoms with Gasteiger partial charge < -0.3 is 10.1 Å². The van der Waals surface area contributed by atoms with Gasteiger partial charge in [0.15, 0.2) is 11.4 Å². The van der Waals surface area contributed by atoms with Crippen LogP contribution in [-0.4, -0.2) is 27.8 Å². The van der Waals surface area contributed by atoms with Crippen LogP contribution in [0.3, 0.4) is 0 Å². The molecule has 0 bridgehead atoms. The number of nitrogens with zero attached hydrogens (tertiary/aromatic N) is 3. The number of halogens is 1. The lowest BCUT2D eigenvalue weighted by Gasteiger charge is -2.13. The Morgan fingerprint density at radius 1 is 1.37 bits per heavy atom. The highest BCUT2D eigenvalue weighted by Gasteiger charge is 2.28. The second-order valence-corrected chi connectivity index (χ2v) is 7.47. The third kappa shape index (κ3) is 3.25. The predicted molar refractivity (Wildman–Crippen MR) is 106 cm³/mol. The maximum atomic E-state index is 13.1. The van der Waals surface area contributed by atoms with Crippen molar-refractivity contribution in [3.8, 4) is 5.75 Å². The van der Waals surface area contributed by atoms with Gasteiger partial charge in [0.1, 0.15) is 0 Å². The van der Waals surface area contributed by atoms with Crippen LogP contribution in [-0.2, 0) is 0 Å². The monoisotopic (exact) mass is 384 g/mol. The molecule has 1 aromatic carbocycles. The van der Waals surface area contributed by atoms with E-state index in [0.29, 0.717) is 27.9 Å². The molecule has 0 saturated heterocycles. The molecule has 0 unspecified atom stereocenters. The molecule has 1 amide bonds. The highest BCUT2D eigenvalue weighted by atomic mass is 35.5. The molecule has 1 N–H and O–H groups in total. The molecule has 0 spiro atoms. The fourth-order valence-electron chi connectivity index (χ4n) is 3.20. The van der Waals surface area contributed by atoms with Crippen LogP contribution in [0.25, 0.3) is 11.0 Å². The van der Waals surface area contributed by atoms with E-state index in [4.69, 9.17) is 21.3 Å². The smallest absolute Gasteiger partial charge is 0.256 e. The summed E-state index contributed by atoms with van der Waals surface area (Å²) in [6.45, 7) is 4.10. The average Bonchev–Trinajstić information content (AvgIpc) is 3.40. The summed E-state index contributed by atoms with van der Waals surface area (Å²) in [5.41, 5.74) is 2.80. The Bertz CT molecular complexity index is 1020. The maximum absolute atomic E-state index is 13.1. The second-order valence-electron chi connectivity index (χ2n) is 7.06. The summed E-state index contributed by atoms with van der Waals surface area (Å²) >= 11 is 6.17. The van der Waals surface area contributed by atoms with Crippen LogP contribution < -0.4 is 10.1 Å². The molecule has 0 radical (unpaired) electrons. The van der Waals surface area contributed by atoms with Crippen LogP contribution in [0.2, 0.25) is 5.02 Å². The van der Waals surface area contributed by atoms with Gasteiger partial charge in [0, 0.05) is 17.7 Å². The van der Waals surface area contributed by atoms with Crippen LogP contribution in [0.15, 0.2) is 30.5 Å². The van der Waals surface area contributed by atoms with Crippen molar-refractivity contribution in [2.24, 2.45) is 0 Å². The third-order valence-corrected chi connectivity index (χ3v) is 5.03. The molecule has 1 saturated carbocycles. The Balaban J connectivity index is 1.79. The summed E-state index contributed by atoms with van der Waals surface area (Å²) in [5, 5.41) is 8.55. The second kappa shape index (κ2) is 6.85. The molecule has 6 nitrogen and oxygen atoms in total. The topological polar surface area (TPSA) is 69.0 Å². The number of nitrogens with one attached hydrogen (secondary N) is 1. The van der Waals surface area contributed by atoms with E-state index in [9.17, 15) is 4.79 Å². The van der Waals surface area contributed by atoms with Gasteiger partial charge in [-0.1, -0.05) is 17.7 Å². The minimum Gasteiger partial charge on any atom is -0.493 e. The van der Waals surface area contributed by atoms with E-state index in [0.717, 1.165) is 29.6 Å². The molecule has 140 valence electrons. The van der Waals surface area contributed by atoms with Crippen molar-refractivity contribution in [1.82, 2.24) is 14.8 Å². The van der Waals surface area contributed by atoms with Gasteiger partial charge >= 0.3 is 0 Å². The number of hydrogen-bond donors (Lipinski definition) is 1. The summed E-state index contributed by atoms with van der Waals surface area (Å²) in [4.78, 5) is 17.9. The lowest BCUT2D eigenvalue weighted by atomic mass is 10.1. The quantitative estimate of drug-likeness (QED) is 0.685. The number of ether oxygens (including phenoxy) is 1. The fraction of sp³-hybridized carbons (Fsp3) is 0.350. The normalized spacial score (nSPS) is 14.0. The molecular formula is C20H21ClN4O2. The number of benzene rings is 1. The van der Waals surface area contributed by atoms with Crippen molar-refractivity contribution in [3.05, 3.63) is 46.7 Å². The summed E-state index contributed by atoms with van der Waals surface area (Å²) in [5.74, 6) is 0.642. The van der Waals surface area contributed by atoms with E-state index >= 15 is 0 Å². The zero-order chi connectivity index (χ0) is 19.1. The van der Waals surface area contributed by atoms with Crippen molar-refractivity contribution in [2.75, 3.05) is 12.4 Å². The Hall–Kier alpha value is -2.60. The van der Waals surface area contributed by atoms with E-state index in [1.165, 1.54) is 7.11 Å². The first-order valence-electron chi connectivity index (χ1n) is 9.01. The van der Waals surface area contributed by atoms with E-state index in [2.05, 4.69) is 24.3 Å². The summed E-state index contributed by atoms with van der Waals surface area (Å²) in [7, 11) is 1.53. The molecule has 0 atom stereocenters. The number of pyridine rings is 1. The van der Waals surface area contributed by atoms with Gasteiger partial charge in [-0.3, -0.25) is 4.79 Å². The van der Waals surface area contributed by atoms with Gasteiger partial charge in [-0.2, -0.15) is 5.10 Å². The number of carbonyl (C=O) groups is 1. The van der Waals surface area contributed by atoms with Crippen LogP contribution in [0.4, 0.5) is 5.69 Å². The van der Waals surface area contributed by atoms with Crippen molar-refractivity contribution < 1.29 is 9.53 Å². The number of methoxy groups -OCH3 is 1. The molecule has 27 heavy (non-hydrogen) atoms. The number of carbonyl (C=O) groups excluding carboxylic acids is 1. The third-order valence-electron chi connectivity index (χ3n) is 4.74. The first-order chi connectivity index (χ1) is 13.0. The molecule has 1 aliphatic rings. The van der Waals surface area contributed by atoms with Crippen LogP contribution in [0.1, 0.15) is 54.7 Å². The van der Waals surface area contributed by atoms with E-state index < -0.39 is 0 Å². The van der Waals surface area contributed by atoms with Crippen molar-refractivity contribution >= 4 is 34.2 Å². The van der Waals surface area contributed by atoms with Crippen LogP contribution >= 0.6 is 11.6 Å². The average molecular weight is 385 g/mol. The SMILES string of the molecule is COc1c(Cl)cccc1NC(=O)c1cc(C2CC2)nc2c1cnn2C(C)C. The molecule has 0 aliphatic heterocycles. The molecule has 1 aliphatic carbocycles. The number of amides is 1. The summed E-state index contributed by atoms with van der Waals surface area (Å²) < 4.78 is 7.19. The van der Waals surface area contributed by atoms with E-state index in [1.807, 2.05) is 10.7 Å². The molecule has 3 aromatic rings. The minimum absolute atomic E-state index is 0.161. The fourth-order valence-corrected chi connectivity index (χ4v) is 3.45. The Morgan fingerprint density at radius 3 is 2.81 bits per heavy atom. The van der Waals surface area contributed by atoms with Crippen molar-refractivity contribution in [2.45, 2.75) is 38.6 Å². The van der Waals surface area contributed by atoms with Gasteiger partial charge in [-0.25, -0.2) is 9.67 Å². The van der Waals surface area contributed by atoms with Gasteiger partial charge in [0.2, 0.25) is 0 Å². The molecule has 1 fully saturated rings. The first-order valence-corrected chi connectivity index (χ1v) is 9.39. The zero-order valence-electron chi connectivity index (χ0n) is 15.5. The Kier molecular flexibility index (Phi) is 4.52. The lowest BCUT2D eigenvalue weighted by molar-refractivity contribution is 0.102. The molecule has 2 heterocycles. The Morgan fingerprint density at radius 2 is 2.15 bits per heavy atom. The van der Waals surface area contributed by atoms with Gasteiger partial charge in [-0.05, 0) is 44.9 Å². The maximum Gasteiger partial charge on any atom is 0.256 e. The number of anilines is 1. The number of hydrogen-bond acceptors (Lipinski definition) is 4. The first kappa shape index (κ1) is 17.8. The van der Waals surface area contributed by atoms with Crippen LogP contribution in [0.5, 0.6) is 5.75 Å². The van der Waals surface area contributed by atoms with Gasteiger partial charge in [-0.15, -0.1) is 0 Å². The number of fused-ring (bicyclic) bond motifs is 1. The molecular weight excluding hydrogens is 364 g/mol. The van der Waals surface area contributed by atoms with Gasteiger partial charge in [0.25, 0.3) is 5.91 Å². The van der Waals surface area contributed by atoms with Gasteiger partial charge in [0.05, 0.1) is 35.0 Å². The highest BCUT2D eigenvalue weighted by molar-refractivity contribution is 6.32. The number of para-hydroxylation sites is 1. The van der Waals surface area contributed by atoms with Crippen LogP contribution in [0, 0.1) is 0 Å². The zero-order valence-corrected chi connectivity index (χ0v) is 16.2. The minimum atomic E-state index is -0.229. The molecule has 2 aromatic heterocycles. The molecule has 7 heteroatoms. The van der Waals surface area contributed by atoms with Crippen molar-refractivity contribution in [3.63, 3.8) is 0 Å². The number of aromatic nitrogens is 3. The largest absolute Gasteiger partial charge is 0.493 e. The predicted octanol–water partition coefficient (Wildman–Crippen LogP) is 4.80. The number of rotatable bonds is 5. The Labute approximate surface area is 162 Å². The standard InChI is InChI=1S/C20H21ClN4O2/c1-11(2)25-19-14(10-22-25)13(9-17(23-19)12-7-8-12)20(26)24-16-6-4-5-15(21)18(16)27-3/h4-6,9-12H,7-8H2,1-3H3,(H,24,26). The highest BCUT2D eigenvalue weighted by Crippen LogP contribution is 2.40. The van der Waals surface area contributed by atoms with Crippen molar-refractivity contribution in [1.29, 1.82) is 0 Å². The molecule has 4 rings (SSSR count). The summed E-state index contributed by atoms with van der Waals surface area (Å²) in [6.07, 6.45) is 3.93. The van der Waals surface area contributed by atoms with E-state index in [1.54, 1.807) is 24.4 Å².